The molecule has 0 aliphatic heterocycles. The molecule has 68 heavy (non-hydrogen) atoms. The molecule has 3 atom stereocenters. The Kier molecular flexibility index (Phi) is 45.9. The molecule has 12 heteroatoms. The fourth-order valence-corrected chi connectivity index (χ4v) is 6.62. The van der Waals surface area contributed by atoms with Gasteiger partial charge >= 0.3 is 25.7 Å². The monoisotopic (exact) mass is 967 g/mol. The number of carbonyl (C=O) groups is 3. The van der Waals surface area contributed by atoms with Crippen LogP contribution in [0.25, 0.3) is 0 Å². The Morgan fingerprint density at radius 3 is 1.24 bits per heavy atom. The Labute approximate surface area is 410 Å². The highest BCUT2D eigenvalue weighted by Crippen LogP contribution is 2.43. The molecule has 3 unspecified atom stereocenters. The number of rotatable bonds is 44. The zero-order valence-electron chi connectivity index (χ0n) is 41.8. The summed E-state index contributed by atoms with van der Waals surface area (Å²) in [6.45, 7) is 4.09. The number of phosphoric acid groups is 1. The van der Waals surface area contributed by atoms with E-state index in [2.05, 4.69) is 106 Å². The summed E-state index contributed by atoms with van der Waals surface area (Å²) in [7, 11) is -4.80. The van der Waals surface area contributed by atoms with Crippen LogP contribution in [-0.2, 0) is 42.2 Å². The number of aliphatic hydroxyl groups is 1. The Balaban J connectivity index is 4.97. The maximum atomic E-state index is 12.8. The summed E-state index contributed by atoms with van der Waals surface area (Å²) in [6.07, 6.45) is 60.6. The van der Waals surface area contributed by atoms with Crippen molar-refractivity contribution >= 4 is 25.7 Å². The summed E-state index contributed by atoms with van der Waals surface area (Å²) in [5.41, 5.74) is 0. The van der Waals surface area contributed by atoms with E-state index < -0.39 is 64.4 Å². The van der Waals surface area contributed by atoms with Crippen LogP contribution in [0, 0.1) is 0 Å². The lowest BCUT2D eigenvalue weighted by Crippen LogP contribution is -2.30. The highest BCUT2D eigenvalue weighted by atomic mass is 31.2. The molecule has 0 amide bonds. The molecule has 0 heterocycles. The second kappa shape index (κ2) is 49.1. The second-order valence-corrected chi connectivity index (χ2v) is 17.3. The number of phosphoric ester groups is 1. The molecule has 0 fully saturated rings. The summed E-state index contributed by atoms with van der Waals surface area (Å²) in [5, 5.41) is 9.75. The first kappa shape index (κ1) is 63.6. The average molecular weight is 967 g/mol. The first-order valence-electron chi connectivity index (χ1n) is 25.1. The summed E-state index contributed by atoms with van der Waals surface area (Å²) in [4.78, 5) is 48.1. The van der Waals surface area contributed by atoms with Crippen LogP contribution in [0.15, 0.2) is 134 Å². The van der Waals surface area contributed by atoms with Gasteiger partial charge in [0.05, 0.1) is 32.7 Å². The van der Waals surface area contributed by atoms with Gasteiger partial charge in [0.1, 0.15) is 12.7 Å². The number of hydrogen-bond donors (Lipinski definition) is 2. The number of aliphatic hydroxyl groups excluding tert-OH is 1. The maximum absolute atomic E-state index is 12.8. The van der Waals surface area contributed by atoms with Gasteiger partial charge in [-0.2, -0.15) is 0 Å². The summed E-state index contributed by atoms with van der Waals surface area (Å²) in [6, 6.07) is 0. The van der Waals surface area contributed by atoms with Gasteiger partial charge in [0.25, 0.3) is 0 Å². The van der Waals surface area contributed by atoms with E-state index in [9.17, 15) is 28.9 Å². The molecule has 0 saturated heterocycles. The molecular weight excluding hydrogens is 880 g/mol. The number of ether oxygens (including phenoxy) is 3. The first-order chi connectivity index (χ1) is 33.2. The molecule has 0 rings (SSSR count). The molecular formula is C56H87O11P. The van der Waals surface area contributed by atoms with Crippen LogP contribution in [0.1, 0.15) is 162 Å². The lowest BCUT2D eigenvalue weighted by atomic mass is 10.1. The largest absolute Gasteiger partial charge is 0.472 e. The third-order valence-corrected chi connectivity index (χ3v) is 10.6. The summed E-state index contributed by atoms with van der Waals surface area (Å²) < 4.78 is 39.0. The van der Waals surface area contributed by atoms with Crippen LogP contribution in [0.3, 0.4) is 0 Å². The highest BCUT2D eigenvalue weighted by molar-refractivity contribution is 7.47. The zero-order chi connectivity index (χ0) is 49.9. The number of unbranched alkanes of at least 4 members (excludes halogenated alkanes) is 7. The smallest absolute Gasteiger partial charge is 0.462 e. The van der Waals surface area contributed by atoms with Crippen LogP contribution in [0.5, 0.6) is 0 Å². The van der Waals surface area contributed by atoms with Crippen molar-refractivity contribution in [2.75, 3.05) is 26.4 Å². The number of allylic oxidation sites excluding steroid dienone is 20. The summed E-state index contributed by atoms with van der Waals surface area (Å²) in [5.74, 6) is -1.79. The number of esters is 3. The molecule has 0 bridgehead atoms. The van der Waals surface area contributed by atoms with Gasteiger partial charge in [-0.3, -0.25) is 23.4 Å². The minimum absolute atomic E-state index is 0.0697. The zero-order valence-corrected chi connectivity index (χ0v) is 42.7. The van der Waals surface area contributed by atoms with E-state index in [1.807, 2.05) is 36.5 Å². The lowest BCUT2D eigenvalue weighted by Gasteiger charge is -2.21. The molecule has 0 aromatic rings. The Morgan fingerprint density at radius 2 is 0.809 bits per heavy atom. The van der Waals surface area contributed by atoms with Crippen LogP contribution in [0.2, 0.25) is 0 Å². The van der Waals surface area contributed by atoms with E-state index in [4.69, 9.17) is 23.3 Å². The average Bonchev–Trinajstić information content (AvgIpc) is 3.32. The van der Waals surface area contributed by atoms with Gasteiger partial charge in [-0.25, -0.2) is 4.57 Å². The third-order valence-electron chi connectivity index (χ3n) is 9.60. The fraction of sp³-hybridized carbons (Fsp3) is 0.554. The first-order valence-corrected chi connectivity index (χ1v) is 26.6. The van der Waals surface area contributed by atoms with Crippen molar-refractivity contribution in [1.82, 2.24) is 0 Å². The number of hydrogen-bond acceptors (Lipinski definition) is 10. The van der Waals surface area contributed by atoms with Crippen molar-refractivity contribution in [2.24, 2.45) is 0 Å². The van der Waals surface area contributed by atoms with Gasteiger partial charge in [-0.1, -0.05) is 187 Å². The molecule has 0 aliphatic carbocycles. The van der Waals surface area contributed by atoms with Gasteiger partial charge in [-0.05, 0) is 89.9 Å². The van der Waals surface area contributed by atoms with E-state index in [0.29, 0.717) is 19.3 Å². The highest BCUT2D eigenvalue weighted by Gasteiger charge is 2.28. The minimum atomic E-state index is -4.80. The topological polar surface area (TPSA) is 155 Å². The van der Waals surface area contributed by atoms with E-state index >= 15 is 0 Å². The summed E-state index contributed by atoms with van der Waals surface area (Å²) >= 11 is 0. The Bertz CT molecular complexity index is 1650. The lowest BCUT2D eigenvalue weighted by molar-refractivity contribution is -0.160. The van der Waals surface area contributed by atoms with Crippen LogP contribution < -0.4 is 0 Å². The van der Waals surface area contributed by atoms with Crippen molar-refractivity contribution < 1.29 is 52.2 Å². The van der Waals surface area contributed by atoms with Gasteiger partial charge in [-0.15, -0.1) is 0 Å². The predicted octanol–water partition coefficient (Wildman–Crippen LogP) is 14.2. The molecule has 0 aromatic carbocycles. The quantitative estimate of drug-likeness (QED) is 0.0197. The molecule has 0 saturated carbocycles. The molecule has 0 radical (unpaired) electrons. The minimum Gasteiger partial charge on any atom is -0.462 e. The molecule has 0 aromatic heterocycles. The van der Waals surface area contributed by atoms with E-state index in [1.54, 1.807) is 12.2 Å². The number of carbonyl (C=O) groups excluding carboxylic acids is 3. The Hall–Kier alpha value is -4.38. The molecule has 382 valence electrons. The van der Waals surface area contributed by atoms with Crippen molar-refractivity contribution in [2.45, 2.75) is 174 Å². The van der Waals surface area contributed by atoms with Crippen LogP contribution >= 0.6 is 7.82 Å². The van der Waals surface area contributed by atoms with Gasteiger partial charge in [0.2, 0.25) is 0 Å². The van der Waals surface area contributed by atoms with E-state index in [0.717, 1.165) is 89.9 Å². The third kappa shape index (κ3) is 46.7. The normalized spacial score (nSPS) is 14.6. The fourth-order valence-electron chi connectivity index (χ4n) is 5.84. The predicted molar refractivity (Wildman–Crippen MR) is 279 cm³/mol. The maximum Gasteiger partial charge on any atom is 0.472 e. The standard InChI is InChI=1S/C56H87O11P/c1-4-7-10-13-16-19-22-24-26-28-31-34-37-40-43-46-55(59)66-52(48-57)50-64-68(61,62)65-51-53(49-63-54(58)45-42-39-36-33-30-21-18-15-12-9-6-3)67-56(60)47-44-41-38-35-32-29-27-25-23-20-17-14-11-8-5-2/h7-8,10-11,15-20,24-27,31-32,34-35,40-41,43-44,52-53,57H,4-6,9,12-14,21-23,28-30,33,36-39,42,45-51H2,1-3H3,(H,61,62)/b10-7-,11-8-,18-15-,19-16-,20-17-,26-24-,27-25-,34-31-,35-32-,43-40-,44-41-. The molecule has 11 nitrogen and oxygen atoms in total. The van der Waals surface area contributed by atoms with Crippen LogP contribution in [0.4, 0.5) is 0 Å². The van der Waals surface area contributed by atoms with Gasteiger partial charge < -0.3 is 24.2 Å². The van der Waals surface area contributed by atoms with Gasteiger partial charge in [0.15, 0.2) is 6.10 Å². The van der Waals surface area contributed by atoms with E-state index in [-0.39, 0.29) is 19.3 Å². The van der Waals surface area contributed by atoms with Crippen molar-refractivity contribution in [1.29, 1.82) is 0 Å². The Morgan fingerprint density at radius 1 is 0.441 bits per heavy atom. The van der Waals surface area contributed by atoms with Crippen molar-refractivity contribution in [3.63, 3.8) is 0 Å². The van der Waals surface area contributed by atoms with Gasteiger partial charge in [0, 0.05) is 6.42 Å². The van der Waals surface area contributed by atoms with Crippen molar-refractivity contribution in [3.8, 4) is 0 Å². The SMILES string of the molecule is CC/C=C\C/C=C\C/C=C\C/C=C\C/C=C\CC(=O)OC(CO)COP(=O)(O)OCC(COC(=O)CCCCCCC/C=C\CCCC)OC(=O)C/C=C\C/C=C\C/C=C\C/C=C\C/C=C\CC. The van der Waals surface area contributed by atoms with Crippen molar-refractivity contribution in [3.05, 3.63) is 134 Å². The molecule has 2 N–H and O–H groups in total. The molecule has 0 aliphatic rings. The molecule has 0 spiro atoms. The van der Waals surface area contributed by atoms with Crippen LogP contribution in [-0.4, -0.2) is 66.5 Å². The van der Waals surface area contributed by atoms with E-state index in [1.165, 1.54) is 12.8 Å². The second-order valence-electron chi connectivity index (χ2n) is 15.9.